The first-order chi connectivity index (χ1) is 13.8. The van der Waals surface area contributed by atoms with Crippen LogP contribution in [0, 0.1) is 0 Å². The van der Waals surface area contributed by atoms with Crippen LogP contribution in [0.25, 0.3) is 0 Å². The van der Waals surface area contributed by atoms with Crippen molar-refractivity contribution in [2.75, 3.05) is 13.1 Å². The first kappa shape index (κ1) is 21.7. The van der Waals surface area contributed by atoms with E-state index >= 15 is 0 Å². The number of carbonyl (C=O) groups excluding carboxylic acids is 2. The monoisotopic (exact) mass is 380 g/mol. The average Bonchev–Trinajstić information content (AvgIpc) is 2.75. The van der Waals surface area contributed by atoms with Crippen LogP contribution in [0.15, 0.2) is 60.7 Å². The van der Waals surface area contributed by atoms with Gasteiger partial charge in [0.1, 0.15) is 0 Å². The number of rotatable bonds is 13. The molecule has 0 saturated heterocycles. The fourth-order valence-electron chi connectivity index (χ4n) is 3.10. The van der Waals surface area contributed by atoms with E-state index in [0.717, 1.165) is 49.9 Å². The van der Waals surface area contributed by atoms with Gasteiger partial charge in [0.2, 0.25) is 0 Å². The molecule has 0 unspecified atom stereocenters. The van der Waals surface area contributed by atoms with Gasteiger partial charge in [0.05, 0.1) is 0 Å². The van der Waals surface area contributed by atoms with E-state index in [1.165, 1.54) is 25.7 Å². The summed E-state index contributed by atoms with van der Waals surface area (Å²) < 4.78 is 0. The number of unbranched alkanes of at least 4 members (excludes halogenated alkanes) is 7. The van der Waals surface area contributed by atoms with Gasteiger partial charge >= 0.3 is 0 Å². The van der Waals surface area contributed by atoms with Crippen LogP contribution in [0.1, 0.15) is 72.1 Å². The van der Waals surface area contributed by atoms with Crippen LogP contribution in [0.2, 0.25) is 0 Å². The second-order valence-corrected chi connectivity index (χ2v) is 7.07. The standard InChI is InChI=1S/C24H32N2O2/c27-23(21-15-9-7-10-16-21)25-19-13-5-3-1-2-4-6-14-20-26-24(28)22-17-11-8-12-18-22/h7-12,15-18H,1-6,13-14,19-20H2,(H,25,27)(H,26,28). The highest BCUT2D eigenvalue weighted by atomic mass is 16.2. The summed E-state index contributed by atoms with van der Waals surface area (Å²) in [6, 6.07) is 18.7. The molecule has 2 rings (SSSR count). The Balaban J connectivity index is 1.36. The maximum Gasteiger partial charge on any atom is 0.251 e. The van der Waals surface area contributed by atoms with Crippen molar-refractivity contribution < 1.29 is 9.59 Å². The van der Waals surface area contributed by atoms with Gasteiger partial charge in [-0.1, -0.05) is 74.9 Å². The van der Waals surface area contributed by atoms with E-state index in [1.54, 1.807) is 0 Å². The van der Waals surface area contributed by atoms with Gasteiger partial charge < -0.3 is 10.6 Å². The van der Waals surface area contributed by atoms with Gasteiger partial charge in [0.15, 0.2) is 0 Å². The predicted molar refractivity (Wildman–Crippen MR) is 114 cm³/mol. The molecule has 0 bridgehead atoms. The summed E-state index contributed by atoms with van der Waals surface area (Å²) in [7, 11) is 0. The highest BCUT2D eigenvalue weighted by Crippen LogP contribution is 2.08. The lowest BCUT2D eigenvalue weighted by atomic mass is 10.1. The third-order valence-electron chi connectivity index (χ3n) is 4.75. The van der Waals surface area contributed by atoms with Gasteiger partial charge in [-0.2, -0.15) is 0 Å². The summed E-state index contributed by atoms with van der Waals surface area (Å²) in [6.45, 7) is 1.49. The van der Waals surface area contributed by atoms with Crippen LogP contribution >= 0.6 is 0 Å². The third kappa shape index (κ3) is 8.85. The molecule has 0 aliphatic heterocycles. The molecule has 0 atom stereocenters. The van der Waals surface area contributed by atoms with E-state index in [9.17, 15) is 9.59 Å². The molecule has 0 heterocycles. The minimum Gasteiger partial charge on any atom is -0.352 e. The van der Waals surface area contributed by atoms with Gasteiger partial charge in [0.25, 0.3) is 11.8 Å². The number of carbonyl (C=O) groups is 2. The Morgan fingerprint density at radius 2 is 0.821 bits per heavy atom. The Hall–Kier alpha value is -2.62. The van der Waals surface area contributed by atoms with Crippen molar-refractivity contribution in [3.05, 3.63) is 71.8 Å². The zero-order valence-corrected chi connectivity index (χ0v) is 16.7. The van der Waals surface area contributed by atoms with Crippen molar-refractivity contribution in [3.8, 4) is 0 Å². The molecular weight excluding hydrogens is 348 g/mol. The summed E-state index contributed by atoms with van der Waals surface area (Å²) in [5.74, 6) is 0.0277. The molecule has 2 aromatic carbocycles. The van der Waals surface area contributed by atoms with Crippen molar-refractivity contribution in [3.63, 3.8) is 0 Å². The molecule has 0 spiro atoms. The largest absolute Gasteiger partial charge is 0.352 e. The van der Waals surface area contributed by atoms with Gasteiger partial charge in [-0.05, 0) is 37.1 Å². The number of amides is 2. The molecule has 0 aliphatic rings. The molecule has 0 radical (unpaired) electrons. The highest BCUT2D eigenvalue weighted by Gasteiger charge is 2.03. The Morgan fingerprint density at radius 1 is 0.500 bits per heavy atom. The molecular formula is C24H32N2O2. The number of hydrogen-bond acceptors (Lipinski definition) is 2. The van der Waals surface area contributed by atoms with Crippen molar-refractivity contribution in [1.82, 2.24) is 10.6 Å². The smallest absolute Gasteiger partial charge is 0.251 e. The molecule has 2 amide bonds. The molecule has 28 heavy (non-hydrogen) atoms. The highest BCUT2D eigenvalue weighted by molar-refractivity contribution is 5.94. The van der Waals surface area contributed by atoms with Crippen LogP contribution < -0.4 is 10.6 Å². The lowest BCUT2D eigenvalue weighted by Gasteiger charge is -2.06. The summed E-state index contributed by atoms with van der Waals surface area (Å²) in [6.07, 6.45) is 9.28. The van der Waals surface area contributed by atoms with E-state index in [1.807, 2.05) is 60.7 Å². The summed E-state index contributed by atoms with van der Waals surface area (Å²) >= 11 is 0. The summed E-state index contributed by atoms with van der Waals surface area (Å²) in [5, 5.41) is 5.94. The molecule has 4 nitrogen and oxygen atoms in total. The minimum absolute atomic E-state index is 0.0138. The van der Waals surface area contributed by atoms with E-state index in [-0.39, 0.29) is 11.8 Å². The summed E-state index contributed by atoms with van der Waals surface area (Å²) in [4.78, 5) is 23.8. The van der Waals surface area contributed by atoms with Crippen molar-refractivity contribution in [2.45, 2.75) is 51.4 Å². The Kier molecular flexibility index (Phi) is 10.5. The molecule has 0 saturated carbocycles. The van der Waals surface area contributed by atoms with Crippen molar-refractivity contribution in [2.24, 2.45) is 0 Å². The second-order valence-electron chi connectivity index (χ2n) is 7.07. The van der Waals surface area contributed by atoms with Crippen molar-refractivity contribution in [1.29, 1.82) is 0 Å². The predicted octanol–water partition coefficient (Wildman–Crippen LogP) is 4.97. The van der Waals surface area contributed by atoms with Gasteiger partial charge in [-0.15, -0.1) is 0 Å². The fraction of sp³-hybridized carbons (Fsp3) is 0.417. The normalized spacial score (nSPS) is 10.4. The SMILES string of the molecule is O=C(NCCCCCCCCCCNC(=O)c1ccccc1)c1ccccc1. The van der Waals surface area contributed by atoms with E-state index in [4.69, 9.17) is 0 Å². The van der Waals surface area contributed by atoms with Crippen LogP contribution in [-0.2, 0) is 0 Å². The van der Waals surface area contributed by atoms with Crippen molar-refractivity contribution >= 4 is 11.8 Å². The maximum atomic E-state index is 11.9. The van der Waals surface area contributed by atoms with Crippen LogP contribution in [0.3, 0.4) is 0 Å². The zero-order valence-electron chi connectivity index (χ0n) is 16.7. The van der Waals surface area contributed by atoms with Crippen LogP contribution in [0.4, 0.5) is 0 Å². The van der Waals surface area contributed by atoms with Crippen LogP contribution in [-0.4, -0.2) is 24.9 Å². The number of hydrogen-bond donors (Lipinski definition) is 2. The molecule has 2 N–H and O–H groups in total. The van der Waals surface area contributed by atoms with Gasteiger partial charge in [0, 0.05) is 24.2 Å². The molecule has 0 aromatic heterocycles. The minimum atomic E-state index is 0.0138. The first-order valence-electron chi connectivity index (χ1n) is 10.4. The Bertz CT molecular complexity index is 625. The summed E-state index contributed by atoms with van der Waals surface area (Å²) in [5.41, 5.74) is 1.45. The first-order valence-corrected chi connectivity index (χ1v) is 10.4. The molecule has 2 aromatic rings. The average molecular weight is 381 g/mol. The van der Waals surface area contributed by atoms with Gasteiger partial charge in [-0.25, -0.2) is 0 Å². The fourth-order valence-corrected chi connectivity index (χ4v) is 3.10. The zero-order chi connectivity index (χ0) is 19.9. The van der Waals surface area contributed by atoms with Crippen LogP contribution in [0.5, 0.6) is 0 Å². The molecule has 4 heteroatoms. The topological polar surface area (TPSA) is 58.2 Å². The second kappa shape index (κ2) is 13.5. The lowest BCUT2D eigenvalue weighted by Crippen LogP contribution is -2.24. The van der Waals surface area contributed by atoms with E-state index in [0.29, 0.717) is 0 Å². The Labute approximate surface area is 168 Å². The van der Waals surface area contributed by atoms with E-state index in [2.05, 4.69) is 10.6 Å². The Morgan fingerprint density at radius 3 is 1.18 bits per heavy atom. The number of benzene rings is 2. The third-order valence-corrected chi connectivity index (χ3v) is 4.75. The molecule has 150 valence electrons. The van der Waals surface area contributed by atoms with E-state index < -0.39 is 0 Å². The van der Waals surface area contributed by atoms with Gasteiger partial charge in [-0.3, -0.25) is 9.59 Å². The molecule has 0 fully saturated rings. The maximum absolute atomic E-state index is 11.9. The molecule has 0 aliphatic carbocycles. The quantitative estimate of drug-likeness (QED) is 0.482. The lowest BCUT2D eigenvalue weighted by molar-refractivity contribution is 0.0944. The number of nitrogens with one attached hydrogen (secondary N) is 2.